The van der Waals surface area contributed by atoms with Crippen molar-refractivity contribution in [2.75, 3.05) is 5.73 Å². The van der Waals surface area contributed by atoms with Gasteiger partial charge in [0.2, 0.25) is 0 Å². The summed E-state index contributed by atoms with van der Waals surface area (Å²) in [7, 11) is 0. The molecule has 3 heteroatoms. The molecule has 0 spiro atoms. The van der Waals surface area contributed by atoms with Gasteiger partial charge in [0.05, 0.1) is 5.56 Å². The zero-order valence-corrected chi connectivity index (χ0v) is 11.9. The van der Waals surface area contributed by atoms with Crippen LogP contribution in [0.4, 0.5) is 5.69 Å². The van der Waals surface area contributed by atoms with Crippen LogP contribution in [0, 0.1) is 0 Å². The fraction of sp³-hybridized carbons (Fsp3) is 0. The van der Waals surface area contributed by atoms with Crippen molar-refractivity contribution in [3.63, 3.8) is 0 Å². The van der Waals surface area contributed by atoms with E-state index in [1.54, 1.807) is 30.3 Å². The van der Waals surface area contributed by atoms with E-state index in [-0.39, 0.29) is 0 Å². The molecule has 0 heterocycles. The zero-order valence-electron chi connectivity index (χ0n) is 11.9. The number of carbonyl (C=O) groups excluding carboxylic acids is 1. The number of benzene rings is 3. The first-order valence-electron chi connectivity index (χ1n) is 6.96. The monoisotopic (exact) mass is 289 g/mol. The van der Waals surface area contributed by atoms with Crippen molar-refractivity contribution in [2.45, 2.75) is 0 Å². The second-order valence-corrected chi connectivity index (χ2v) is 4.87. The Morgan fingerprint density at radius 1 is 0.773 bits per heavy atom. The first-order valence-corrected chi connectivity index (χ1v) is 6.96. The van der Waals surface area contributed by atoms with Crippen molar-refractivity contribution in [2.24, 2.45) is 0 Å². The Labute approximate surface area is 129 Å². The summed E-state index contributed by atoms with van der Waals surface area (Å²) >= 11 is 0. The van der Waals surface area contributed by atoms with E-state index in [1.807, 2.05) is 48.5 Å². The van der Waals surface area contributed by atoms with Gasteiger partial charge < -0.3 is 10.5 Å². The van der Waals surface area contributed by atoms with Gasteiger partial charge in [0.15, 0.2) is 0 Å². The summed E-state index contributed by atoms with van der Waals surface area (Å²) in [4.78, 5) is 12.2. The van der Waals surface area contributed by atoms with E-state index in [0.29, 0.717) is 17.0 Å². The average Bonchev–Trinajstić information content (AvgIpc) is 2.57. The molecule has 0 fully saturated rings. The molecule has 0 saturated heterocycles. The van der Waals surface area contributed by atoms with E-state index >= 15 is 0 Å². The minimum Gasteiger partial charge on any atom is -0.422 e. The third-order valence-corrected chi connectivity index (χ3v) is 3.32. The van der Waals surface area contributed by atoms with Crippen molar-refractivity contribution in [3.05, 3.63) is 84.4 Å². The SMILES string of the molecule is Nc1ccc(C(=O)Oc2ccccc2-c2ccccc2)cc1. The van der Waals surface area contributed by atoms with Crippen LogP contribution in [0.1, 0.15) is 10.4 Å². The number of ether oxygens (including phenoxy) is 1. The summed E-state index contributed by atoms with van der Waals surface area (Å²) in [5.41, 5.74) is 8.59. The highest BCUT2D eigenvalue weighted by atomic mass is 16.5. The minimum absolute atomic E-state index is 0.400. The third kappa shape index (κ3) is 2.99. The van der Waals surface area contributed by atoms with Crippen LogP contribution in [0.3, 0.4) is 0 Å². The first-order chi connectivity index (χ1) is 10.7. The number of nitrogens with two attached hydrogens (primary N) is 1. The topological polar surface area (TPSA) is 52.3 Å². The van der Waals surface area contributed by atoms with Gasteiger partial charge >= 0.3 is 5.97 Å². The highest BCUT2D eigenvalue weighted by Crippen LogP contribution is 2.30. The lowest BCUT2D eigenvalue weighted by molar-refractivity contribution is 0.0735. The fourth-order valence-electron chi connectivity index (χ4n) is 2.19. The molecule has 0 atom stereocenters. The number of esters is 1. The van der Waals surface area contributed by atoms with Crippen LogP contribution >= 0.6 is 0 Å². The molecular formula is C19H15NO2. The molecule has 0 unspecified atom stereocenters. The van der Waals surface area contributed by atoms with E-state index in [4.69, 9.17) is 10.5 Å². The molecule has 0 radical (unpaired) electrons. The van der Waals surface area contributed by atoms with Crippen LogP contribution in [-0.2, 0) is 0 Å². The maximum Gasteiger partial charge on any atom is 0.343 e. The number of nitrogen functional groups attached to an aromatic ring is 1. The van der Waals surface area contributed by atoms with Crippen LogP contribution in [0.25, 0.3) is 11.1 Å². The van der Waals surface area contributed by atoms with Crippen LogP contribution in [0.15, 0.2) is 78.9 Å². The van der Waals surface area contributed by atoms with Gasteiger partial charge in [0, 0.05) is 11.3 Å². The molecule has 3 nitrogen and oxygen atoms in total. The number of rotatable bonds is 3. The summed E-state index contributed by atoms with van der Waals surface area (Å²) in [6.07, 6.45) is 0. The van der Waals surface area contributed by atoms with E-state index in [1.165, 1.54) is 0 Å². The molecule has 3 aromatic rings. The van der Waals surface area contributed by atoms with Crippen LogP contribution < -0.4 is 10.5 Å². The molecule has 22 heavy (non-hydrogen) atoms. The number of carbonyl (C=O) groups is 1. The van der Waals surface area contributed by atoms with E-state index in [2.05, 4.69) is 0 Å². The molecule has 0 aliphatic carbocycles. The predicted molar refractivity (Wildman–Crippen MR) is 87.7 cm³/mol. The quantitative estimate of drug-likeness (QED) is 0.447. The molecule has 0 saturated carbocycles. The Hall–Kier alpha value is -3.07. The van der Waals surface area contributed by atoms with Gasteiger partial charge in [-0.15, -0.1) is 0 Å². The number of hydrogen-bond acceptors (Lipinski definition) is 3. The molecule has 0 aliphatic heterocycles. The summed E-state index contributed by atoms with van der Waals surface area (Å²) in [6, 6.07) is 24.0. The van der Waals surface area contributed by atoms with Crippen molar-refractivity contribution < 1.29 is 9.53 Å². The zero-order chi connectivity index (χ0) is 15.4. The minimum atomic E-state index is -0.400. The maximum atomic E-state index is 12.2. The molecule has 3 rings (SSSR count). The molecule has 3 aromatic carbocycles. The van der Waals surface area contributed by atoms with Gasteiger partial charge in [-0.1, -0.05) is 48.5 Å². The molecule has 0 aromatic heterocycles. The Morgan fingerprint density at radius 2 is 1.41 bits per heavy atom. The molecule has 108 valence electrons. The van der Waals surface area contributed by atoms with Gasteiger partial charge in [-0.25, -0.2) is 4.79 Å². The van der Waals surface area contributed by atoms with Crippen LogP contribution in [0.2, 0.25) is 0 Å². The summed E-state index contributed by atoms with van der Waals surface area (Å²) in [5.74, 6) is 0.138. The van der Waals surface area contributed by atoms with Gasteiger partial charge in [-0.3, -0.25) is 0 Å². The summed E-state index contributed by atoms with van der Waals surface area (Å²) < 4.78 is 5.55. The Bertz CT molecular complexity index is 780. The van der Waals surface area contributed by atoms with E-state index in [9.17, 15) is 4.79 Å². The highest BCUT2D eigenvalue weighted by molar-refractivity contribution is 5.92. The standard InChI is InChI=1S/C19H15NO2/c20-16-12-10-15(11-13-16)19(21)22-18-9-5-4-8-17(18)14-6-2-1-3-7-14/h1-13H,20H2. The second-order valence-electron chi connectivity index (χ2n) is 4.87. The predicted octanol–water partition coefficient (Wildman–Crippen LogP) is 4.16. The molecule has 0 aliphatic rings. The van der Waals surface area contributed by atoms with Crippen molar-refractivity contribution in [1.29, 1.82) is 0 Å². The fourth-order valence-corrected chi connectivity index (χ4v) is 2.19. The lowest BCUT2D eigenvalue weighted by atomic mass is 10.0. The highest BCUT2D eigenvalue weighted by Gasteiger charge is 2.12. The van der Waals surface area contributed by atoms with Gasteiger partial charge in [0.25, 0.3) is 0 Å². The second kappa shape index (κ2) is 6.14. The lowest BCUT2D eigenvalue weighted by Gasteiger charge is -2.10. The Balaban J connectivity index is 1.90. The van der Waals surface area contributed by atoms with Crippen LogP contribution in [-0.4, -0.2) is 5.97 Å². The number of hydrogen-bond donors (Lipinski definition) is 1. The molecule has 2 N–H and O–H groups in total. The van der Waals surface area contributed by atoms with Crippen LogP contribution in [0.5, 0.6) is 5.75 Å². The third-order valence-electron chi connectivity index (χ3n) is 3.32. The largest absolute Gasteiger partial charge is 0.422 e. The summed E-state index contributed by atoms with van der Waals surface area (Å²) in [5, 5.41) is 0. The number of anilines is 1. The average molecular weight is 289 g/mol. The van der Waals surface area contributed by atoms with Crippen molar-refractivity contribution >= 4 is 11.7 Å². The summed E-state index contributed by atoms with van der Waals surface area (Å²) in [6.45, 7) is 0. The molecule has 0 amide bonds. The Kier molecular flexibility index (Phi) is 3.88. The smallest absolute Gasteiger partial charge is 0.343 e. The first kappa shape index (κ1) is 13.9. The van der Waals surface area contributed by atoms with Crippen molar-refractivity contribution in [3.8, 4) is 16.9 Å². The van der Waals surface area contributed by atoms with E-state index in [0.717, 1.165) is 11.1 Å². The molecular weight excluding hydrogens is 274 g/mol. The molecule has 0 bridgehead atoms. The number of para-hydroxylation sites is 1. The normalized spacial score (nSPS) is 10.2. The van der Waals surface area contributed by atoms with Crippen molar-refractivity contribution in [1.82, 2.24) is 0 Å². The lowest BCUT2D eigenvalue weighted by Crippen LogP contribution is -2.09. The van der Waals surface area contributed by atoms with E-state index < -0.39 is 5.97 Å². The van der Waals surface area contributed by atoms with Gasteiger partial charge in [0.1, 0.15) is 5.75 Å². The Morgan fingerprint density at radius 3 is 2.14 bits per heavy atom. The maximum absolute atomic E-state index is 12.2. The van der Waals surface area contributed by atoms with Gasteiger partial charge in [-0.05, 0) is 35.9 Å². The van der Waals surface area contributed by atoms with Gasteiger partial charge in [-0.2, -0.15) is 0 Å².